The van der Waals surface area contributed by atoms with Crippen molar-refractivity contribution >= 4 is 35.8 Å². The molecule has 1 fully saturated rings. The third-order valence-electron chi connectivity index (χ3n) is 2.18. The molecule has 84 valence electrons. The van der Waals surface area contributed by atoms with Crippen LogP contribution >= 0.6 is 35.8 Å². The van der Waals surface area contributed by atoms with Gasteiger partial charge >= 0.3 is 0 Å². The van der Waals surface area contributed by atoms with Crippen LogP contribution in [0.1, 0.15) is 12.0 Å². The summed E-state index contributed by atoms with van der Waals surface area (Å²) in [4.78, 5) is 8.47. The van der Waals surface area contributed by atoms with Crippen molar-refractivity contribution in [3.8, 4) is 0 Å². The Hall–Kier alpha value is -0.0300. The van der Waals surface area contributed by atoms with Crippen molar-refractivity contribution in [2.24, 2.45) is 0 Å². The van der Waals surface area contributed by atoms with Gasteiger partial charge in [0.2, 0.25) is 0 Å². The highest BCUT2D eigenvalue weighted by Crippen LogP contribution is 2.25. The average Bonchev–Trinajstić information content (AvgIpc) is 2.64. The number of halogens is 2. The lowest BCUT2D eigenvalue weighted by Gasteiger charge is -2.06. The van der Waals surface area contributed by atoms with Crippen LogP contribution in [0.2, 0.25) is 5.15 Å². The fraction of sp³-hybridized carbons (Fsp3) is 0.556. The van der Waals surface area contributed by atoms with Crippen molar-refractivity contribution in [1.29, 1.82) is 0 Å². The predicted molar refractivity (Wildman–Crippen MR) is 66.2 cm³/mol. The predicted octanol–water partition coefficient (Wildman–Crippen LogP) is 2.31. The van der Waals surface area contributed by atoms with Gasteiger partial charge in [0.15, 0.2) is 5.16 Å². The van der Waals surface area contributed by atoms with Crippen LogP contribution in [0.3, 0.4) is 0 Å². The van der Waals surface area contributed by atoms with Crippen molar-refractivity contribution in [1.82, 2.24) is 15.3 Å². The fourth-order valence-electron chi connectivity index (χ4n) is 1.34. The quantitative estimate of drug-likeness (QED) is 0.658. The van der Waals surface area contributed by atoms with Gasteiger partial charge in [-0.25, -0.2) is 9.97 Å². The molecule has 1 aliphatic rings. The molecule has 1 unspecified atom stereocenters. The zero-order valence-electron chi connectivity index (χ0n) is 8.36. The van der Waals surface area contributed by atoms with Gasteiger partial charge in [0, 0.05) is 23.6 Å². The minimum absolute atomic E-state index is 0. The Morgan fingerprint density at radius 2 is 2.40 bits per heavy atom. The molecule has 1 aromatic rings. The molecular weight excluding hydrogens is 253 g/mol. The zero-order chi connectivity index (χ0) is 9.97. The second-order valence-electron chi connectivity index (χ2n) is 3.36. The largest absolute Gasteiger partial charge is 0.316 e. The van der Waals surface area contributed by atoms with E-state index in [2.05, 4.69) is 15.3 Å². The number of nitrogens with one attached hydrogen (secondary N) is 1. The average molecular weight is 266 g/mol. The molecular formula is C9H13Cl2N3S. The number of hydrogen-bond donors (Lipinski definition) is 1. The normalized spacial score (nSPS) is 20.0. The zero-order valence-corrected chi connectivity index (χ0v) is 10.8. The summed E-state index contributed by atoms with van der Waals surface area (Å²) < 4.78 is 0. The summed E-state index contributed by atoms with van der Waals surface area (Å²) in [5.41, 5.74) is 0.931. The molecule has 1 saturated heterocycles. The van der Waals surface area contributed by atoms with E-state index < -0.39 is 0 Å². The SMILES string of the molecule is Cc1cnc(SC2CCNC2)nc1Cl.Cl. The highest BCUT2D eigenvalue weighted by molar-refractivity contribution is 7.99. The third kappa shape index (κ3) is 3.48. The Morgan fingerprint density at radius 3 is 3.00 bits per heavy atom. The number of aromatic nitrogens is 2. The Kier molecular flexibility index (Phi) is 5.12. The molecule has 0 saturated carbocycles. The van der Waals surface area contributed by atoms with Gasteiger partial charge in [0.05, 0.1) is 0 Å². The maximum absolute atomic E-state index is 5.92. The summed E-state index contributed by atoms with van der Waals surface area (Å²) in [6, 6.07) is 0. The molecule has 3 nitrogen and oxygen atoms in total. The molecule has 0 spiro atoms. The van der Waals surface area contributed by atoms with E-state index in [-0.39, 0.29) is 12.4 Å². The van der Waals surface area contributed by atoms with Gasteiger partial charge < -0.3 is 5.32 Å². The second-order valence-corrected chi connectivity index (χ2v) is 4.98. The first-order chi connectivity index (χ1) is 6.75. The Morgan fingerprint density at radius 1 is 1.60 bits per heavy atom. The van der Waals surface area contributed by atoms with Crippen LogP contribution in [0.5, 0.6) is 0 Å². The molecule has 1 atom stereocenters. The van der Waals surface area contributed by atoms with Gasteiger partial charge in [-0.2, -0.15) is 0 Å². The van der Waals surface area contributed by atoms with E-state index in [0.29, 0.717) is 10.4 Å². The van der Waals surface area contributed by atoms with Crippen molar-refractivity contribution in [2.45, 2.75) is 23.8 Å². The lowest BCUT2D eigenvalue weighted by molar-refractivity contribution is 0.857. The summed E-state index contributed by atoms with van der Waals surface area (Å²) in [5.74, 6) is 0. The first-order valence-corrected chi connectivity index (χ1v) is 5.88. The molecule has 1 N–H and O–H groups in total. The fourth-order valence-corrected chi connectivity index (χ4v) is 2.51. The molecule has 0 radical (unpaired) electrons. The maximum Gasteiger partial charge on any atom is 0.189 e. The van der Waals surface area contributed by atoms with Crippen molar-refractivity contribution in [2.75, 3.05) is 13.1 Å². The molecule has 15 heavy (non-hydrogen) atoms. The van der Waals surface area contributed by atoms with E-state index >= 15 is 0 Å². The lowest BCUT2D eigenvalue weighted by atomic mass is 10.4. The lowest BCUT2D eigenvalue weighted by Crippen LogP contribution is -2.10. The molecule has 2 heterocycles. The smallest absolute Gasteiger partial charge is 0.189 e. The Bertz CT molecular complexity index is 329. The van der Waals surface area contributed by atoms with E-state index in [1.807, 2.05) is 6.92 Å². The Labute approximate surface area is 105 Å². The highest BCUT2D eigenvalue weighted by Gasteiger charge is 2.17. The van der Waals surface area contributed by atoms with Gasteiger partial charge in [-0.05, 0) is 19.9 Å². The van der Waals surface area contributed by atoms with Gasteiger partial charge in [-0.3, -0.25) is 0 Å². The summed E-state index contributed by atoms with van der Waals surface area (Å²) in [5, 5.41) is 5.25. The maximum atomic E-state index is 5.92. The van der Waals surface area contributed by atoms with Crippen LogP contribution in [0, 0.1) is 6.92 Å². The summed E-state index contributed by atoms with van der Waals surface area (Å²) in [6.45, 7) is 4.05. The Balaban J connectivity index is 0.00000112. The summed E-state index contributed by atoms with van der Waals surface area (Å²) in [6.07, 6.45) is 2.96. The third-order valence-corrected chi connectivity index (χ3v) is 3.70. The highest BCUT2D eigenvalue weighted by atomic mass is 35.5. The number of thioether (sulfide) groups is 1. The molecule has 1 aromatic heterocycles. The first-order valence-electron chi connectivity index (χ1n) is 4.62. The van der Waals surface area contributed by atoms with Crippen LogP contribution in [-0.2, 0) is 0 Å². The van der Waals surface area contributed by atoms with Crippen LogP contribution < -0.4 is 5.32 Å². The van der Waals surface area contributed by atoms with E-state index in [9.17, 15) is 0 Å². The van der Waals surface area contributed by atoms with E-state index in [1.54, 1.807) is 18.0 Å². The number of rotatable bonds is 2. The monoisotopic (exact) mass is 265 g/mol. The molecule has 0 bridgehead atoms. The van der Waals surface area contributed by atoms with Crippen LogP contribution in [0.25, 0.3) is 0 Å². The van der Waals surface area contributed by atoms with Crippen LogP contribution in [-0.4, -0.2) is 28.3 Å². The molecule has 0 amide bonds. The molecule has 1 aliphatic heterocycles. The summed E-state index contributed by atoms with van der Waals surface area (Å²) in [7, 11) is 0. The molecule has 0 aliphatic carbocycles. The molecule has 2 rings (SSSR count). The number of nitrogens with zero attached hydrogens (tertiary/aromatic N) is 2. The van der Waals surface area contributed by atoms with Gasteiger partial charge in [-0.15, -0.1) is 12.4 Å². The standard InChI is InChI=1S/C9H12ClN3S.ClH/c1-6-4-12-9(13-8(6)10)14-7-2-3-11-5-7;/h4,7,11H,2-3,5H2,1H3;1H. The first kappa shape index (κ1) is 13.0. The van der Waals surface area contributed by atoms with E-state index in [4.69, 9.17) is 11.6 Å². The van der Waals surface area contributed by atoms with Crippen molar-refractivity contribution in [3.63, 3.8) is 0 Å². The van der Waals surface area contributed by atoms with E-state index in [0.717, 1.165) is 23.8 Å². The molecule has 6 heteroatoms. The van der Waals surface area contributed by atoms with Crippen LogP contribution in [0.4, 0.5) is 0 Å². The second kappa shape index (κ2) is 5.89. The van der Waals surface area contributed by atoms with Crippen molar-refractivity contribution < 1.29 is 0 Å². The van der Waals surface area contributed by atoms with Crippen LogP contribution in [0.15, 0.2) is 11.4 Å². The minimum atomic E-state index is 0. The van der Waals surface area contributed by atoms with Crippen molar-refractivity contribution in [3.05, 3.63) is 16.9 Å². The topological polar surface area (TPSA) is 37.8 Å². The van der Waals surface area contributed by atoms with Gasteiger partial charge in [0.25, 0.3) is 0 Å². The van der Waals surface area contributed by atoms with E-state index in [1.165, 1.54) is 6.42 Å². The van der Waals surface area contributed by atoms with Gasteiger partial charge in [0.1, 0.15) is 5.15 Å². The molecule has 0 aromatic carbocycles. The number of aryl methyl sites for hydroxylation is 1. The minimum Gasteiger partial charge on any atom is -0.316 e. The number of hydrogen-bond acceptors (Lipinski definition) is 4. The van der Waals surface area contributed by atoms with Gasteiger partial charge in [-0.1, -0.05) is 23.4 Å². The summed E-state index contributed by atoms with van der Waals surface area (Å²) >= 11 is 7.62.